The van der Waals surface area contributed by atoms with Gasteiger partial charge in [-0.05, 0) is 62.3 Å². The smallest absolute Gasteiger partial charge is 0.200 e. The van der Waals surface area contributed by atoms with Crippen molar-refractivity contribution >= 4 is 11.3 Å². The quantitative estimate of drug-likeness (QED) is 0.781. The Morgan fingerprint density at radius 1 is 1.21 bits per heavy atom. The van der Waals surface area contributed by atoms with Crippen LogP contribution in [0.25, 0.3) is 5.65 Å². The molecule has 6 heteroatoms. The van der Waals surface area contributed by atoms with Crippen LogP contribution in [0.1, 0.15) is 54.6 Å². The summed E-state index contributed by atoms with van der Waals surface area (Å²) < 4.78 is 1.80. The second kappa shape index (κ2) is 5.26. The van der Waals surface area contributed by atoms with E-state index in [0.29, 0.717) is 11.8 Å². The molecule has 0 aromatic carbocycles. The molecule has 5 rings (SSSR count). The fourth-order valence-electron chi connectivity index (χ4n) is 3.29. The molecule has 0 saturated heterocycles. The van der Waals surface area contributed by atoms with Gasteiger partial charge >= 0.3 is 0 Å². The Morgan fingerprint density at radius 3 is 2.83 bits per heavy atom. The van der Waals surface area contributed by atoms with E-state index in [2.05, 4.69) is 44.7 Å². The minimum atomic E-state index is 0.222. The number of nitrogens with one attached hydrogen (secondary N) is 1. The summed E-state index contributed by atoms with van der Waals surface area (Å²) in [5, 5.41) is 16.6. The second-order valence-corrected chi connectivity index (χ2v) is 7.07. The third kappa shape index (κ3) is 2.52. The van der Waals surface area contributed by atoms with Gasteiger partial charge in [-0.15, -0.1) is 10.2 Å². The SMILES string of the molecule is Cc1ccnc(C(Nc2cc(C3CC3)nn3cnnc23)C2CC2)c1. The molecule has 0 amide bonds. The third-order valence-corrected chi connectivity index (χ3v) is 4.94. The monoisotopic (exact) mass is 320 g/mol. The summed E-state index contributed by atoms with van der Waals surface area (Å²) in [6.45, 7) is 2.11. The maximum atomic E-state index is 4.65. The number of rotatable bonds is 5. The van der Waals surface area contributed by atoms with Crippen molar-refractivity contribution in [1.29, 1.82) is 0 Å². The Kier molecular flexibility index (Phi) is 3.04. The predicted molar refractivity (Wildman–Crippen MR) is 90.8 cm³/mol. The summed E-state index contributed by atoms with van der Waals surface area (Å²) in [7, 11) is 0. The molecule has 0 bridgehead atoms. The summed E-state index contributed by atoms with van der Waals surface area (Å²) in [6, 6.07) is 6.61. The molecule has 1 N–H and O–H groups in total. The van der Waals surface area contributed by atoms with Gasteiger partial charge in [-0.2, -0.15) is 9.61 Å². The van der Waals surface area contributed by atoms with E-state index < -0.39 is 0 Å². The van der Waals surface area contributed by atoms with Crippen molar-refractivity contribution in [3.05, 3.63) is 47.7 Å². The first-order chi connectivity index (χ1) is 11.8. The number of aromatic nitrogens is 5. The van der Waals surface area contributed by atoms with Gasteiger partial charge in [0, 0.05) is 12.1 Å². The molecule has 0 spiro atoms. The van der Waals surface area contributed by atoms with Crippen LogP contribution in [0.2, 0.25) is 0 Å². The molecule has 6 nitrogen and oxygen atoms in total. The average Bonchev–Trinajstić information content (AvgIpc) is 3.50. The number of nitrogens with zero attached hydrogens (tertiary/aromatic N) is 5. The van der Waals surface area contributed by atoms with Crippen molar-refractivity contribution in [3.8, 4) is 0 Å². The van der Waals surface area contributed by atoms with Crippen molar-refractivity contribution in [2.24, 2.45) is 5.92 Å². The fourth-order valence-corrected chi connectivity index (χ4v) is 3.29. The topological polar surface area (TPSA) is 68.0 Å². The molecule has 122 valence electrons. The standard InChI is InChI=1S/C18H20N6/c1-11-6-7-19-15(8-11)17(13-4-5-13)21-16-9-14(12-2-3-12)23-24-10-20-22-18(16)24/h6-10,12-13,17,21H,2-5H2,1H3. The first-order valence-corrected chi connectivity index (χ1v) is 8.68. The van der Waals surface area contributed by atoms with Crippen LogP contribution in [0, 0.1) is 12.8 Å². The van der Waals surface area contributed by atoms with Crippen molar-refractivity contribution < 1.29 is 0 Å². The Hall–Kier alpha value is -2.50. The van der Waals surface area contributed by atoms with Crippen molar-refractivity contribution in [2.75, 3.05) is 5.32 Å². The summed E-state index contributed by atoms with van der Waals surface area (Å²) in [5.74, 6) is 1.23. The van der Waals surface area contributed by atoms with Gasteiger partial charge in [-0.3, -0.25) is 4.98 Å². The molecule has 2 aliphatic rings. The number of hydrogen-bond donors (Lipinski definition) is 1. The lowest BCUT2D eigenvalue weighted by Gasteiger charge is -2.20. The van der Waals surface area contributed by atoms with E-state index in [1.807, 2.05) is 12.3 Å². The fraction of sp³-hybridized carbons (Fsp3) is 0.444. The minimum Gasteiger partial charge on any atom is -0.373 e. The van der Waals surface area contributed by atoms with Gasteiger partial charge in [0.15, 0.2) is 0 Å². The zero-order valence-electron chi connectivity index (χ0n) is 13.7. The van der Waals surface area contributed by atoms with Gasteiger partial charge in [0.1, 0.15) is 6.33 Å². The van der Waals surface area contributed by atoms with Gasteiger partial charge in [-0.25, -0.2) is 0 Å². The zero-order chi connectivity index (χ0) is 16.1. The van der Waals surface area contributed by atoms with Crippen LogP contribution < -0.4 is 5.32 Å². The maximum Gasteiger partial charge on any atom is 0.200 e. The molecule has 2 saturated carbocycles. The predicted octanol–water partition coefficient (Wildman–Crippen LogP) is 3.27. The molecule has 0 radical (unpaired) electrons. The van der Waals surface area contributed by atoms with Crippen molar-refractivity contribution in [1.82, 2.24) is 24.8 Å². The molecule has 24 heavy (non-hydrogen) atoms. The first kappa shape index (κ1) is 13.9. The Labute approximate surface area is 140 Å². The molecule has 3 heterocycles. The van der Waals surface area contributed by atoms with Crippen LogP contribution >= 0.6 is 0 Å². The van der Waals surface area contributed by atoms with Gasteiger partial charge in [0.25, 0.3) is 0 Å². The summed E-state index contributed by atoms with van der Waals surface area (Å²) in [4.78, 5) is 4.61. The highest BCUT2D eigenvalue weighted by Gasteiger charge is 2.34. The van der Waals surface area contributed by atoms with Crippen LogP contribution in [0.3, 0.4) is 0 Å². The van der Waals surface area contributed by atoms with E-state index in [1.165, 1.54) is 31.2 Å². The van der Waals surface area contributed by atoms with E-state index in [9.17, 15) is 0 Å². The van der Waals surface area contributed by atoms with Crippen LogP contribution in [0.15, 0.2) is 30.7 Å². The number of pyridine rings is 1. The molecule has 0 aliphatic heterocycles. The van der Waals surface area contributed by atoms with E-state index in [1.54, 1.807) is 10.8 Å². The number of aryl methyl sites for hydroxylation is 1. The molecule has 1 atom stereocenters. The lowest BCUT2D eigenvalue weighted by Crippen LogP contribution is -2.16. The third-order valence-electron chi connectivity index (χ3n) is 4.94. The molecular formula is C18H20N6. The lowest BCUT2D eigenvalue weighted by atomic mass is 10.1. The zero-order valence-corrected chi connectivity index (χ0v) is 13.7. The molecule has 2 fully saturated rings. The molecule has 1 unspecified atom stereocenters. The molecule has 2 aliphatic carbocycles. The van der Waals surface area contributed by atoms with Crippen molar-refractivity contribution in [3.63, 3.8) is 0 Å². The maximum absolute atomic E-state index is 4.65. The Bertz CT molecular complexity index is 893. The van der Waals surface area contributed by atoms with Gasteiger partial charge in [0.2, 0.25) is 5.65 Å². The Balaban J connectivity index is 1.55. The van der Waals surface area contributed by atoms with E-state index in [0.717, 1.165) is 22.7 Å². The lowest BCUT2D eigenvalue weighted by molar-refractivity contribution is 0.657. The number of anilines is 1. The average molecular weight is 320 g/mol. The van der Waals surface area contributed by atoms with Crippen LogP contribution in [0.4, 0.5) is 5.69 Å². The van der Waals surface area contributed by atoms with Crippen LogP contribution in [-0.2, 0) is 0 Å². The van der Waals surface area contributed by atoms with Gasteiger partial charge in [-0.1, -0.05) is 0 Å². The van der Waals surface area contributed by atoms with Gasteiger partial charge in [0.05, 0.1) is 23.1 Å². The van der Waals surface area contributed by atoms with Crippen LogP contribution in [-0.4, -0.2) is 24.8 Å². The Morgan fingerprint density at radius 2 is 2.08 bits per heavy atom. The highest BCUT2D eigenvalue weighted by molar-refractivity contribution is 5.67. The largest absolute Gasteiger partial charge is 0.373 e. The number of fused-ring (bicyclic) bond motifs is 1. The summed E-state index contributed by atoms with van der Waals surface area (Å²) in [6.07, 6.45) is 8.53. The molecular weight excluding hydrogens is 300 g/mol. The molecule has 3 aromatic heterocycles. The van der Waals surface area contributed by atoms with E-state index >= 15 is 0 Å². The first-order valence-electron chi connectivity index (χ1n) is 8.68. The van der Waals surface area contributed by atoms with Crippen LogP contribution in [0.5, 0.6) is 0 Å². The number of hydrogen-bond acceptors (Lipinski definition) is 5. The summed E-state index contributed by atoms with van der Waals surface area (Å²) in [5.41, 5.74) is 5.30. The second-order valence-electron chi connectivity index (χ2n) is 7.07. The molecule has 3 aromatic rings. The van der Waals surface area contributed by atoms with E-state index in [-0.39, 0.29) is 6.04 Å². The highest BCUT2D eigenvalue weighted by atomic mass is 15.3. The summed E-state index contributed by atoms with van der Waals surface area (Å²) >= 11 is 0. The normalized spacial score (nSPS) is 18.7. The van der Waals surface area contributed by atoms with E-state index in [4.69, 9.17) is 0 Å². The van der Waals surface area contributed by atoms with Gasteiger partial charge < -0.3 is 5.32 Å². The highest BCUT2D eigenvalue weighted by Crippen LogP contribution is 2.44. The van der Waals surface area contributed by atoms with Crippen molar-refractivity contribution in [2.45, 2.75) is 44.6 Å². The minimum absolute atomic E-state index is 0.222.